The Balaban J connectivity index is 1.77. The Morgan fingerprint density at radius 1 is 0.655 bits per heavy atom. The molecule has 0 unspecified atom stereocenters. The molecule has 6 nitrogen and oxygen atoms in total. The molecule has 2 N–H and O–H groups in total. The fourth-order valence-corrected chi connectivity index (χ4v) is 4.90. The molecule has 0 spiro atoms. The highest BCUT2D eigenvalue weighted by Crippen LogP contribution is 2.22. The van der Waals surface area contributed by atoms with Gasteiger partial charge in [0.1, 0.15) is 11.6 Å². The van der Waals surface area contributed by atoms with Crippen LogP contribution < -0.4 is 9.44 Å². The molecule has 0 saturated heterocycles. The van der Waals surface area contributed by atoms with Gasteiger partial charge in [0.25, 0.3) is 20.0 Å². The summed E-state index contributed by atoms with van der Waals surface area (Å²) >= 11 is 0. The zero-order valence-corrected chi connectivity index (χ0v) is 16.7. The third-order valence-electron chi connectivity index (χ3n) is 3.94. The maximum absolute atomic E-state index is 13.2. The lowest BCUT2D eigenvalue weighted by Crippen LogP contribution is -2.15. The van der Waals surface area contributed by atoms with Crippen molar-refractivity contribution >= 4 is 31.4 Å². The number of hydrogen-bond donors (Lipinski definition) is 2. The molecule has 3 aromatic rings. The molecule has 3 rings (SSSR count). The zero-order chi connectivity index (χ0) is 21.2. The Hall–Kier alpha value is -2.98. The largest absolute Gasteiger partial charge is 0.280 e. The van der Waals surface area contributed by atoms with Crippen LogP contribution in [0.5, 0.6) is 0 Å². The molecule has 0 saturated carbocycles. The maximum atomic E-state index is 13.2. The van der Waals surface area contributed by atoms with Crippen LogP contribution in [0, 0.1) is 18.6 Å². The van der Waals surface area contributed by atoms with Crippen LogP contribution in [0.1, 0.15) is 5.56 Å². The minimum absolute atomic E-state index is 0.0695. The first-order valence-electron chi connectivity index (χ1n) is 8.24. The molecule has 10 heteroatoms. The molecule has 152 valence electrons. The van der Waals surface area contributed by atoms with Gasteiger partial charge in [0.05, 0.1) is 9.79 Å². The van der Waals surface area contributed by atoms with Crippen molar-refractivity contribution < 1.29 is 25.6 Å². The summed E-state index contributed by atoms with van der Waals surface area (Å²) < 4.78 is 80.4. The summed E-state index contributed by atoms with van der Waals surface area (Å²) in [6.07, 6.45) is 0. The van der Waals surface area contributed by atoms with Crippen molar-refractivity contribution in [1.82, 2.24) is 0 Å². The smallest absolute Gasteiger partial charge is 0.262 e. The lowest BCUT2D eigenvalue weighted by molar-refractivity contribution is 0.597. The van der Waals surface area contributed by atoms with E-state index in [1.165, 1.54) is 31.2 Å². The molecule has 3 aromatic carbocycles. The second kappa shape index (κ2) is 7.80. The van der Waals surface area contributed by atoms with Gasteiger partial charge in [-0.3, -0.25) is 9.44 Å². The quantitative estimate of drug-likeness (QED) is 0.611. The van der Waals surface area contributed by atoms with E-state index in [2.05, 4.69) is 9.44 Å². The van der Waals surface area contributed by atoms with Crippen LogP contribution in [-0.2, 0) is 20.0 Å². The summed E-state index contributed by atoms with van der Waals surface area (Å²) in [5.41, 5.74) is 0.634. The van der Waals surface area contributed by atoms with Crippen LogP contribution in [0.15, 0.2) is 76.5 Å². The lowest BCUT2D eigenvalue weighted by Gasteiger charge is -2.12. The fraction of sp³-hybridized carbons (Fsp3) is 0.0526. The van der Waals surface area contributed by atoms with Crippen LogP contribution in [-0.4, -0.2) is 16.8 Å². The maximum Gasteiger partial charge on any atom is 0.262 e. The van der Waals surface area contributed by atoms with Crippen molar-refractivity contribution in [3.63, 3.8) is 0 Å². The second-order valence-corrected chi connectivity index (χ2v) is 9.49. The average Bonchev–Trinajstić information content (AvgIpc) is 2.63. The Morgan fingerprint density at radius 2 is 1.14 bits per heavy atom. The van der Waals surface area contributed by atoms with E-state index in [4.69, 9.17) is 0 Å². The monoisotopic (exact) mass is 438 g/mol. The van der Waals surface area contributed by atoms with Gasteiger partial charge in [0.15, 0.2) is 0 Å². The van der Waals surface area contributed by atoms with Gasteiger partial charge in [0.2, 0.25) is 0 Å². The van der Waals surface area contributed by atoms with Crippen molar-refractivity contribution in [2.75, 3.05) is 9.44 Å². The van der Waals surface area contributed by atoms with E-state index in [9.17, 15) is 25.6 Å². The lowest BCUT2D eigenvalue weighted by atomic mass is 10.2. The molecule has 0 heterocycles. The third kappa shape index (κ3) is 4.90. The van der Waals surface area contributed by atoms with Gasteiger partial charge < -0.3 is 0 Å². The van der Waals surface area contributed by atoms with Crippen molar-refractivity contribution in [2.24, 2.45) is 0 Å². The molecule has 0 aliphatic carbocycles. The molecule has 0 aliphatic heterocycles. The molecule has 0 aliphatic rings. The van der Waals surface area contributed by atoms with Gasteiger partial charge in [-0.25, -0.2) is 25.6 Å². The van der Waals surface area contributed by atoms with Gasteiger partial charge in [-0.2, -0.15) is 0 Å². The second-order valence-electron chi connectivity index (χ2n) is 6.15. The molecule has 0 bridgehead atoms. The van der Waals surface area contributed by atoms with E-state index in [-0.39, 0.29) is 26.7 Å². The first-order valence-corrected chi connectivity index (χ1v) is 11.2. The van der Waals surface area contributed by atoms with E-state index >= 15 is 0 Å². The highest BCUT2D eigenvalue weighted by atomic mass is 32.2. The molecule has 0 fully saturated rings. The minimum atomic E-state index is -3.95. The molecule has 0 aromatic heterocycles. The summed E-state index contributed by atoms with van der Waals surface area (Å²) in [5.74, 6) is -1.10. The summed E-state index contributed by atoms with van der Waals surface area (Å²) in [5, 5.41) is 0. The molecule has 0 radical (unpaired) electrons. The topological polar surface area (TPSA) is 92.3 Å². The van der Waals surface area contributed by atoms with E-state index in [0.29, 0.717) is 0 Å². The van der Waals surface area contributed by atoms with Crippen LogP contribution in [0.25, 0.3) is 0 Å². The molecule has 0 atom stereocenters. The van der Waals surface area contributed by atoms with Gasteiger partial charge in [-0.15, -0.1) is 0 Å². The fourth-order valence-electron chi connectivity index (χ4n) is 2.56. The van der Waals surface area contributed by atoms with E-state index in [1.54, 1.807) is 0 Å². The predicted octanol–water partition coefficient (Wildman–Crippen LogP) is 3.87. The minimum Gasteiger partial charge on any atom is -0.280 e. The van der Waals surface area contributed by atoms with E-state index in [1.807, 2.05) is 0 Å². The van der Waals surface area contributed by atoms with E-state index in [0.717, 1.165) is 42.5 Å². The van der Waals surface area contributed by atoms with Crippen LogP contribution in [0.3, 0.4) is 0 Å². The van der Waals surface area contributed by atoms with Crippen molar-refractivity contribution in [1.29, 1.82) is 0 Å². The van der Waals surface area contributed by atoms with Gasteiger partial charge in [-0.1, -0.05) is 0 Å². The standard InChI is InChI=1S/C19H16F2N2O4S2/c1-13-12-15(21)4-11-19(13)29(26,27)23-17-7-5-16(6-8-17)22-28(24,25)18-9-2-14(20)3-10-18/h2-12,22-23H,1H3. The van der Waals surface area contributed by atoms with Gasteiger partial charge >= 0.3 is 0 Å². The van der Waals surface area contributed by atoms with Crippen LogP contribution in [0.4, 0.5) is 20.2 Å². The summed E-state index contributed by atoms with van der Waals surface area (Å²) in [6, 6.07) is 13.1. The van der Waals surface area contributed by atoms with Crippen molar-refractivity contribution in [3.05, 3.63) is 83.9 Å². The van der Waals surface area contributed by atoms with E-state index < -0.39 is 31.7 Å². The number of sulfonamides is 2. The Bertz CT molecular complexity index is 1240. The van der Waals surface area contributed by atoms with Crippen molar-refractivity contribution in [2.45, 2.75) is 16.7 Å². The number of aryl methyl sites for hydroxylation is 1. The average molecular weight is 438 g/mol. The zero-order valence-electron chi connectivity index (χ0n) is 15.1. The molecular weight excluding hydrogens is 422 g/mol. The number of anilines is 2. The highest BCUT2D eigenvalue weighted by molar-refractivity contribution is 7.93. The predicted molar refractivity (Wildman–Crippen MR) is 106 cm³/mol. The first-order chi connectivity index (χ1) is 13.6. The highest BCUT2D eigenvalue weighted by Gasteiger charge is 2.18. The summed E-state index contributed by atoms with van der Waals surface area (Å²) in [4.78, 5) is -0.185. The number of benzene rings is 3. The SMILES string of the molecule is Cc1cc(F)ccc1S(=O)(=O)Nc1ccc(NS(=O)(=O)c2ccc(F)cc2)cc1. The Labute approximate surface area is 167 Å². The third-order valence-corrected chi connectivity index (χ3v) is 6.88. The van der Waals surface area contributed by atoms with Gasteiger partial charge in [-0.05, 0) is 79.2 Å². The normalized spacial score (nSPS) is 11.8. The Kier molecular flexibility index (Phi) is 5.58. The summed E-state index contributed by atoms with van der Waals surface area (Å²) in [7, 11) is -7.87. The summed E-state index contributed by atoms with van der Waals surface area (Å²) in [6.45, 7) is 1.48. The van der Waals surface area contributed by atoms with Gasteiger partial charge in [0, 0.05) is 11.4 Å². The van der Waals surface area contributed by atoms with Crippen LogP contribution >= 0.6 is 0 Å². The number of halogens is 2. The van der Waals surface area contributed by atoms with Crippen molar-refractivity contribution in [3.8, 4) is 0 Å². The molecule has 29 heavy (non-hydrogen) atoms. The molecular formula is C19H16F2N2O4S2. The number of hydrogen-bond acceptors (Lipinski definition) is 4. The molecule has 0 amide bonds. The number of nitrogens with one attached hydrogen (secondary N) is 2. The number of rotatable bonds is 6. The van der Waals surface area contributed by atoms with Crippen LogP contribution in [0.2, 0.25) is 0 Å². The first kappa shape index (κ1) is 20.7. The Morgan fingerprint density at radius 3 is 1.66 bits per heavy atom.